The summed E-state index contributed by atoms with van der Waals surface area (Å²) in [5.41, 5.74) is 1.65. The molecule has 2 N–H and O–H groups in total. The lowest BCUT2D eigenvalue weighted by Gasteiger charge is -2.37. The van der Waals surface area contributed by atoms with Crippen molar-refractivity contribution in [1.29, 1.82) is 0 Å². The zero-order valence-electron chi connectivity index (χ0n) is 18.4. The summed E-state index contributed by atoms with van der Waals surface area (Å²) in [5, 5.41) is 6.15. The predicted octanol–water partition coefficient (Wildman–Crippen LogP) is 0.832. The van der Waals surface area contributed by atoms with Gasteiger partial charge in [-0.2, -0.15) is 0 Å². The van der Waals surface area contributed by atoms with Gasteiger partial charge in [0.25, 0.3) is 5.91 Å². The minimum Gasteiger partial charge on any atom is -0.375 e. The quantitative estimate of drug-likeness (QED) is 0.324. The van der Waals surface area contributed by atoms with E-state index in [1.807, 2.05) is 24.3 Å². The van der Waals surface area contributed by atoms with Crippen LogP contribution < -0.4 is 10.6 Å². The highest BCUT2D eigenvalue weighted by Gasteiger charge is 2.32. The molecule has 0 aromatic heterocycles. The Hall–Kier alpha value is -1.92. The number of rotatable bonds is 4. The summed E-state index contributed by atoms with van der Waals surface area (Å²) in [6, 6.07) is 7.51. The molecule has 3 aliphatic heterocycles. The first-order valence-corrected chi connectivity index (χ1v) is 11.0. The Labute approximate surface area is 205 Å². The molecule has 10 heteroatoms. The lowest BCUT2D eigenvalue weighted by atomic mass is 10.1. The van der Waals surface area contributed by atoms with Gasteiger partial charge >= 0.3 is 0 Å². The van der Waals surface area contributed by atoms with Gasteiger partial charge in [0.15, 0.2) is 5.96 Å². The van der Waals surface area contributed by atoms with Gasteiger partial charge in [-0.25, -0.2) is 0 Å². The number of carbonyl (C=O) groups excluding carboxylic acids is 2. The molecular weight excluding hydrogens is 525 g/mol. The maximum atomic E-state index is 12.6. The molecule has 0 saturated carbocycles. The molecule has 0 spiro atoms. The van der Waals surface area contributed by atoms with Gasteiger partial charge in [0.1, 0.15) is 6.10 Å². The Kier molecular flexibility index (Phi) is 9.11. The number of halogens is 1. The fourth-order valence-corrected chi connectivity index (χ4v) is 4.26. The van der Waals surface area contributed by atoms with Crippen LogP contribution in [-0.2, 0) is 20.8 Å². The van der Waals surface area contributed by atoms with Gasteiger partial charge < -0.3 is 29.9 Å². The Balaban J connectivity index is 0.00000289. The summed E-state index contributed by atoms with van der Waals surface area (Å²) in [6.07, 6.45) is 2.41. The molecule has 3 saturated heterocycles. The van der Waals surface area contributed by atoms with Gasteiger partial charge in [0, 0.05) is 51.9 Å². The van der Waals surface area contributed by atoms with E-state index < -0.39 is 0 Å². The van der Waals surface area contributed by atoms with E-state index in [1.165, 1.54) is 0 Å². The number of hydrogen-bond donors (Lipinski definition) is 2. The molecule has 3 fully saturated rings. The zero-order valence-corrected chi connectivity index (χ0v) is 20.7. The summed E-state index contributed by atoms with van der Waals surface area (Å²) < 4.78 is 11.7. The van der Waals surface area contributed by atoms with Gasteiger partial charge in [-0.3, -0.25) is 14.6 Å². The molecule has 1 aromatic carbocycles. The van der Waals surface area contributed by atoms with Crippen molar-refractivity contribution in [3.8, 4) is 0 Å². The van der Waals surface area contributed by atoms with Crippen LogP contribution in [0.2, 0.25) is 0 Å². The molecule has 9 nitrogen and oxygen atoms in total. The normalized spacial score (nSPS) is 24.0. The fourth-order valence-electron chi connectivity index (χ4n) is 4.26. The standard InChI is InChI=1S/C22H31N5O4.HI/c1-23-22(27-10-12-31-19(14-27)18-3-2-11-30-18)25-13-16-4-6-17(7-5-16)21(29)26-9-8-24-20(28)15-26;/h4-7,18-19H,2-3,8-15H2,1H3,(H,23,25)(H,24,28);1H. The first kappa shape index (κ1) is 24.7. The molecular formula is C22H32IN5O4. The Morgan fingerprint density at radius 2 is 1.94 bits per heavy atom. The first-order valence-electron chi connectivity index (χ1n) is 11.0. The maximum absolute atomic E-state index is 12.6. The SMILES string of the molecule is CN=C(NCc1ccc(C(=O)N2CCNC(=O)C2)cc1)N1CCOC(C2CCCO2)C1.I. The molecule has 0 radical (unpaired) electrons. The van der Waals surface area contributed by atoms with E-state index in [0.29, 0.717) is 31.8 Å². The Morgan fingerprint density at radius 1 is 1.16 bits per heavy atom. The van der Waals surface area contributed by atoms with Crippen molar-refractivity contribution in [3.05, 3.63) is 35.4 Å². The molecule has 0 aliphatic carbocycles. The number of benzene rings is 1. The van der Waals surface area contributed by atoms with Crippen LogP contribution in [0.4, 0.5) is 0 Å². The zero-order chi connectivity index (χ0) is 21.6. The van der Waals surface area contributed by atoms with E-state index in [9.17, 15) is 9.59 Å². The molecule has 2 amide bonds. The molecule has 176 valence electrons. The van der Waals surface area contributed by atoms with E-state index in [0.717, 1.165) is 44.1 Å². The summed E-state index contributed by atoms with van der Waals surface area (Å²) in [4.78, 5) is 32.4. The van der Waals surface area contributed by atoms with Gasteiger partial charge in [0.05, 0.1) is 19.3 Å². The van der Waals surface area contributed by atoms with Crippen LogP contribution in [0.1, 0.15) is 28.8 Å². The fraction of sp³-hybridized carbons (Fsp3) is 0.591. The summed E-state index contributed by atoms with van der Waals surface area (Å²) in [7, 11) is 1.79. The Morgan fingerprint density at radius 3 is 2.62 bits per heavy atom. The van der Waals surface area contributed by atoms with Gasteiger partial charge in [0.2, 0.25) is 5.91 Å². The van der Waals surface area contributed by atoms with Crippen LogP contribution in [0.25, 0.3) is 0 Å². The molecule has 1 aromatic rings. The number of guanidine groups is 1. The third-order valence-electron chi connectivity index (χ3n) is 5.96. The van der Waals surface area contributed by atoms with Crippen LogP contribution in [0.5, 0.6) is 0 Å². The van der Waals surface area contributed by atoms with E-state index in [2.05, 4.69) is 20.5 Å². The number of piperazine rings is 1. The van der Waals surface area contributed by atoms with Gasteiger partial charge in [-0.15, -0.1) is 24.0 Å². The topological polar surface area (TPSA) is 95.5 Å². The number of morpholine rings is 1. The van der Waals surface area contributed by atoms with Crippen LogP contribution in [0, 0.1) is 0 Å². The third kappa shape index (κ3) is 6.10. The van der Waals surface area contributed by atoms with Crippen LogP contribution >= 0.6 is 24.0 Å². The van der Waals surface area contributed by atoms with E-state index in [1.54, 1.807) is 11.9 Å². The molecule has 3 heterocycles. The number of amides is 2. The highest BCUT2D eigenvalue weighted by atomic mass is 127. The van der Waals surface area contributed by atoms with Gasteiger partial charge in [-0.1, -0.05) is 12.1 Å². The molecule has 2 unspecified atom stereocenters. The van der Waals surface area contributed by atoms with Crippen molar-refractivity contribution in [3.63, 3.8) is 0 Å². The van der Waals surface area contributed by atoms with Crippen LogP contribution in [-0.4, -0.2) is 92.8 Å². The second kappa shape index (κ2) is 11.8. The maximum Gasteiger partial charge on any atom is 0.254 e. The monoisotopic (exact) mass is 557 g/mol. The second-order valence-electron chi connectivity index (χ2n) is 8.08. The van der Waals surface area contributed by atoms with E-state index in [4.69, 9.17) is 9.47 Å². The van der Waals surface area contributed by atoms with Crippen molar-refractivity contribution in [2.45, 2.75) is 31.6 Å². The summed E-state index contributed by atoms with van der Waals surface area (Å²) in [5.74, 6) is 0.612. The first-order chi connectivity index (χ1) is 15.1. The number of nitrogens with zero attached hydrogens (tertiary/aromatic N) is 3. The van der Waals surface area contributed by atoms with Crippen molar-refractivity contribution in [2.24, 2.45) is 4.99 Å². The highest BCUT2D eigenvalue weighted by Crippen LogP contribution is 2.21. The summed E-state index contributed by atoms with van der Waals surface area (Å²) >= 11 is 0. The molecule has 4 rings (SSSR count). The third-order valence-corrected chi connectivity index (χ3v) is 5.96. The van der Waals surface area contributed by atoms with Gasteiger partial charge in [-0.05, 0) is 30.5 Å². The number of carbonyl (C=O) groups is 2. The van der Waals surface area contributed by atoms with Crippen molar-refractivity contribution in [1.82, 2.24) is 20.4 Å². The highest BCUT2D eigenvalue weighted by molar-refractivity contribution is 14.0. The minimum atomic E-state index is -0.114. The molecule has 0 bridgehead atoms. The lowest BCUT2D eigenvalue weighted by molar-refractivity contribution is -0.123. The summed E-state index contributed by atoms with van der Waals surface area (Å²) in [6.45, 7) is 4.80. The smallest absolute Gasteiger partial charge is 0.254 e. The number of aliphatic imine (C=N–C) groups is 1. The largest absolute Gasteiger partial charge is 0.375 e. The van der Waals surface area contributed by atoms with Crippen LogP contribution in [0.3, 0.4) is 0 Å². The number of ether oxygens (including phenoxy) is 2. The van der Waals surface area contributed by atoms with Crippen LogP contribution in [0.15, 0.2) is 29.3 Å². The predicted molar refractivity (Wildman–Crippen MR) is 131 cm³/mol. The molecule has 32 heavy (non-hydrogen) atoms. The van der Waals surface area contributed by atoms with E-state index in [-0.39, 0.29) is 54.5 Å². The van der Waals surface area contributed by atoms with E-state index >= 15 is 0 Å². The lowest BCUT2D eigenvalue weighted by Crippen LogP contribution is -2.53. The second-order valence-corrected chi connectivity index (χ2v) is 8.08. The number of hydrogen-bond acceptors (Lipinski definition) is 5. The minimum absolute atomic E-state index is 0. The van der Waals surface area contributed by atoms with Crippen molar-refractivity contribution >= 4 is 41.8 Å². The van der Waals surface area contributed by atoms with Crippen molar-refractivity contribution in [2.75, 3.05) is 53.0 Å². The molecule has 3 aliphatic rings. The Bertz CT molecular complexity index is 813. The molecule has 2 atom stereocenters. The average Bonchev–Trinajstić information content (AvgIpc) is 3.35. The van der Waals surface area contributed by atoms with Crippen molar-refractivity contribution < 1.29 is 19.1 Å². The average molecular weight is 557 g/mol. The number of nitrogens with one attached hydrogen (secondary N) is 2.